The number of pyridine rings is 1. The molecule has 0 bridgehead atoms. The Morgan fingerprint density at radius 2 is 2.32 bits per heavy atom. The summed E-state index contributed by atoms with van der Waals surface area (Å²) in [7, 11) is 1.79. The minimum Gasteiger partial charge on any atom is -0.377 e. The van der Waals surface area contributed by atoms with Gasteiger partial charge in [-0.05, 0) is 32.8 Å². The second-order valence-electron chi connectivity index (χ2n) is 5.62. The highest BCUT2D eigenvalue weighted by atomic mass is 16.5. The van der Waals surface area contributed by atoms with Gasteiger partial charge in [-0.2, -0.15) is 5.10 Å². The Bertz CT molecular complexity index is 578. The fraction of sp³-hybridized carbons (Fsp3) is 0.571. The molecule has 0 amide bonds. The van der Waals surface area contributed by atoms with Crippen molar-refractivity contribution in [2.45, 2.75) is 38.3 Å². The van der Waals surface area contributed by atoms with E-state index >= 15 is 0 Å². The third-order valence-electron chi connectivity index (χ3n) is 4.22. The zero-order valence-corrected chi connectivity index (χ0v) is 11.7. The largest absolute Gasteiger partial charge is 0.377 e. The van der Waals surface area contributed by atoms with Crippen molar-refractivity contribution < 1.29 is 4.74 Å². The minimum atomic E-state index is -0.157. The highest BCUT2D eigenvalue weighted by Gasteiger charge is 2.38. The van der Waals surface area contributed by atoms with Crippen LogP contribution in [0.2, 0.25) is 0 Å². The Balaban J connectivity index is 2.03. The van der Waals surface area contributed by atoms with E-state index in [0.717, 1.165) is 24.0 Å². The van der Waals surface area contributed by atoms with Crippen LogP contribution in [0.4, 0.5) is 5.69 Å². The summed E-state index contributed by atoms with van der Waals surface area (Å²) >= 11 is 0. The van der Waals surface area contributed by atoms with Crippen LogP contribution in [0, 0.1) is 0 Å². The quantitative estimate of drug-likeness (QED) is 0.920. The molecular formula is C14H20N4O. The predicted molar refractivity (Wildman–Crippen MR) is 75.3 cm³/mol. The molecule has 0 spiro atoms. The summed E-state index contributed by atoms with van der Waals surface area (Å²) in [6.45, 7) is 5.37. The zero-order chi connectivity index (χ0) is 13.5. The van der Waals surface area contributed by atoms with E-state index in [1.54, 1.807) is 7.11 Å². The smallest absolute Gasteiger partial charge is 0.157 e. The van der Waals surface area contributed by atoms with Crippen LogP contribution in [-0.4, -0.2) is 40.5 Å². The third kappa shape index (κ3) is 1.98. The molecular weight excluding hydrogens is 240 g/mol. The van der Waals surface area contributed by atoms with Gasteiger partial charge in [-0.3, -0.25) is 5.10 Å². The molecule has 1 aliphatic heterocycles. The van der Waals surface area contributed by atoms with Crippen molar-refractivity contribution in [3.05, 3.63) is 18.5 Å². The van der Waals surface area contributed by atoms with E-state index in [2.05, 4.69) is 40.0 Å². The molecule has 1 atom stereocenters. The van der Waals surface area contributed by atoms with Crippen molar-refractivity contribution in [2.24, 2.45) is 0 Å². The van der Waals surface area contributed by atoms with Gasteiger partial charge in [0.2, 0.25) is 0 Å². The number of anilines is 1. The lowest BCUT2D eigenvalue weighted by atomic mass is 9.96. The van der Waals surface area contributed by atoms with Crippen molar-refractivity contribution in [2.75, 3.05) is 18.6 Å². The number of methoxy groups -OCH3 is 1. The maximum atomic E-state index is 5.69. The van der Waals surface area contributed by atoms with Crippen molar-refractivity contribution >= 4 is 16.7 Å². The monoisotopic (exact) mass is 260 g/mol. The zero-order valence-electron chi connectivity index (χ0n) is 11.7. The van der Waals surface area contributed by atoms with E-state index in [1.807, 2.05) is 12.4 Å². The van der Waals surface area contributed by atoms with Gasteiger partial charge in [-0.15, -0.1) is 0 Å². The second-order valence-corrected chi connectivity index (χ2v) is 5.62. The van der Waals surface area contributed by atoms with Crippen LogP contribution >= 0.6 is 0 Å². The van der Waals surface area contributed by atoms with Gasteiger partial charge in [0.25, 0.3) is 0 Å². The fourth-order valence-corrected chi connectivity index (χ4v) is 3.00. The first kappa shape index (κ1) is 12.4. The second kappa shape index (κ2) is 4.49. The van der Waals surface area contributed by atoms with Gasteiger partial charge in [0.1, 0.15) is 0 Å². The topological polar surface area (TPSA) is 54.0 Å². The van der Waals surface area contributed by atoms with Crippen LogP contribution in [0.15, 0.2) is 18.5 Å². The number of H-pyrrole nitrogens is 1. The normalized spacial score (nSPS) is 20.4. The van der Waals surface area contributed by atoms with Crippen LogP contribution in [0.1, 0.15) is 26.7 Å². The molecule has 1 aliphatic rings. The van der Waals surface area contributed by atoms with Crippen molar-refractivity contribution in [1.29, 1.82) is 0 Å². The molecule has 1 N–H and O–H groups in total. The highest BCUT2D eigenvalue weighted by molar-refractivity contribution is 5.89. The Labute approximate surface area is 113 Å². The standard InChI is InChI=1S/C14H20N4O/c1-14(2,19-3)12-5-4-8-18(12)11-6-7-15-13-10(11)9-16-17-13/h6-7,9,12H,4-5,8H2,1-3H3,(H,15,16,17). The van der Waals surface area contributed by atoms with Crippen LogP contribution in [0.25, 0.3) is 11.0 Å². The Kier molecular flexibility index (Phi) is 2.93. The summed E-state index contributed by atoms with van der Waals surface area (Å²) in [5.74, 6) is 0. The van der Waals surface area contributed by atoms with Crippen molar-refractivity contribution in [3.63, 3.8) is 0 Å². The molecule has 5 nitrogen and oxygen atoms in total. The lowest BCUT2D eigenvalue weighted by molar-refractivity contribution is 0.00197. The molecule has 1 fully saturated rings. The van der Waals surface area contributed by atoms with E-state index in [1.165, 1.54) is 12.1 Å². The van der Waals surface area contributed by atoms with Crippen molar-refractivity contribution in [1.82, 2.24) is 15.2 Å². The number of hydrogen-bond donors (Lipinski definition) is 1. The maximum Gasteiger partial charge on any atom is 0.157 e. The summed E-state index contributed by atoms with van der Waals surface area (Å²) in [4.78, 5) is 6.74. The van der Waals surface area contributed by atoms with Gasteiger partial charge < -0.3 is 9.64 Å². The van der Waals surface area contributed by atoms with Gasteiger partial charge >= 0.3 is 0 Å². The first-order chi connectivity index (χ1) is 9.13. The van der Waals surface area contributed by atoms with Gasteiger partial charge in [0, 0.05) is 19.9 Å². The molecule has 0 radical (unpaired) electrons. The van der Waals surface area contributed by atoms with Crippen molar-refractivity contribution in [3.8, 4) is 0 Å². The molecule has 2 aromatic heterocycles. The number of fused-ring (bicyclic) bond motifs is 1. The van der Waals surface area contributed by atoms with Gasteiger partial charge in [0.05, 0.1) is 28.9 Å². The van der Waals surface area contributed by atoms with Crippen LogP contribution in [-0.2, 0) is 4.74 Å². The average molecular weight is 260 g/mol. The Hall–Kier alpha value is -1.62. The van der Waals surface area contributed by atoms with Gasteiger partial charge in [-0.25, -0.2) is 4.98 Å². The summed E-state index contributed by atoms with van der Waals surface area (Å²) < 4.78 is 5.69. The molecule has 5 heteroatoms. The van der Waals surface area contributed by atoms with Gasteiger partial charge in [-0.1, -0.05) is 0 Å². The van der Waals surface area contributed by atoms with Crippen LogP contribution in [0.3, 0.4) is 0 Å². The average Bonchev–Trinajstić information content (AvgIpc) is 3.07. The summed E-state index contributed by atoms with van der Waals surface area (Å²) in [5, 5.41) is 8.11. The molecule has 0 saturated carbocycles. The SMILES string of the molecule is COC(C)(C)C1CCCN1c1ccnc2[nH]ncc12. The Morgan fingerprint density at radius 3 is 3.11 bits per heavy atom. The lowest BCUT2D eigenvalue weighted by Gasteiger charge is -2.38. The lowest BCUT2D eigenvalue weighted by Crippen LogP contribution is -2.47. The number of rotatable bonds is 3. The van der Waals surface area contributed by atoms with Gasteiger partial charge in [0.15, 0.2) is 5.65 Å². The molecule has 3 rings (SSSR count). The number of nitrogens with one attached hydrogen (secondary N) is 1. The van der Waals surface area contributed by atoms with E-state index in [-0.39, 0.29) is 5.60 Å². The maximum absolute atomic E-state index is 5.69. The van der Waals surface area contributed by atoms with E-state index in [4.69, 9.17) is 4.74 Å². The summed E-state index contributed by atoms with van der Waals surface area (Å²) in [6.07, 6.45) is 6.04. The highest BCUT2D eigenvalue weighted by Crippen LogP contribution is 2.35. The molecule has 0 aromatic carbocycles. The van der Waals surface area contributed by atoms with Crippen LogP contribution in [0.5, 0.6) is 0 Å². The molecule has 19 heavy (non-hydrogen) atoms. The number of nitrogens with zero attached hydrogens (tertiary/aromatic N) is 3. The molecule has 1 unspecified atom stereocenters. The number of aromatic amines is 1. The first-order valence-corrected chi connectivity index (χ1v) is 6.73. The van der Waals surface area contributed by atoms with E-state index in [9.17, 15) is 0 Å². The third-order valence-corrected chi connectivity index (χ3v) is 4.22. The van der Waals surface area contributed by atoms with Crippen LogP contribution < -0.4 is 4.90 Å². The molecule has 2 aromatic rings. The fourth-order valence-electron chi connectivity index (χ4n) is 3.00. The van der Waals surface area contributed by atoms with E-state index < -0.39 is 0 Å². The number of hydrogen-bond acceptors (Lipinski definition) is 4. The van der Waals surface area contributed by atoms with E-state index in [0.29, 0.717) is 6.04 Å². The number of ether oxygens (including phenoxy) is 1. The summed E-state index contributed by atoms with van der Waals surface area (Å²) in [6, 6.07) is 2.46. The first-order valence-electron chi connectivity index (χ1n) is 6.73. The summed E-state index contributed by atoms with van der Waals surface area (Å²) in [5.41, 5.74) is 1.89. The molecule has 3 heterocycles. The molecule has 1 saturated heterocycles. The number of aromatic nitrogens is 3. The Morgan fingerprint density at radius 1 is 1.47 bits per heavy atom. The molecule has 0 aliphatic carbocycles. The molecule has 102 valence electrons. The minimum absolute atomic E-state index is 0.157. The predicted octanol–water partition coefficient (Wildman–Crippen LogP) is 2.35.